The van der Waals surface area contributed by atoms with Crippen molar-refractivity contribution in [3.05, 3.63) is 30.6 Å². The summed E-state index contributed by atoms with van der Waals surface area (Å²) in [6.07, 6.45) is 4.38. The molecule has 2 unspecified atom stereocenters. The molecular weight excluding hydrogens is 256 g/mol. The summed E-state index contributed by atoms with van der Waals surface area (Å²) in [4.78, 5) is 20.5. The van der Waals surface area contributed by atoms with Crippen LogP contribution in [-0.2, 0) is 9.53 Å². The van der Waals surface area contributed by atoms with E-state index in [0.29, 0.717) is 18.7 Å². The van der Waals surface area contributed by atoms with Crippen LogP contribution in [0.1, 0.15) is 12.8 Å². The fraction of sp³-hybridized carbons (Fsp3) is 0.357. The molecule has 1 aliphatic heterocycles. The molecule has 1 amide bonds. The van der Waals surface area contributed by atoms with Gasteiger partial charge in [0.25, 0.3) is 5.91 Å². The zero-order chi connectivity index (χ0) is 13.9. The van der Waals surface area contributed by atoms with Gasteiger partial charge in [-0.1, -0.05) is 0 Å². The summed E-state index contributed by atoms with van der Waals surface area (Å²) in [5.41, 5.74) is 7.78. The number of aromatic nitrogens is 2. The average Bonchev–Trinajstić information content (AvgIpc) is 2.96. The zero-order valence-electron chi connectivity index (χ0n) is 11.0. The Hall–Kier alpha value is -2.05. The van der Waals surface area contributed by atoms with Gasteiger partial charge in [0.2, 0.25) is 0 Å². The predicted molar refractivity (Wildman–Crippen MR) is 75.1 cm³/mol. The van der Waals surface area contributed by atoms with Gasteiger partial charge in [0.1, 0.15) is 6.10 Å². The highest BCUT2D eigenvalue weighted by Gasteiger charge is 2.29. The number of carbonyl (C=O) groups excluding carboxylic acids is 1. The van der Waals surface area contributed by atoms with E-state index in [1.165, 1.54) is 0 Å². The Morgan fingerprint density at radius 2 is 2.10 bits per heavy atom. The molecule has 1 saturated heterocycles. The van der Waals surface area contributed by atoms with Crippen molar-refractivity contribution in [3.8, 4) is 0 Å². The van der Waals surface area contributed by atoms with Crippen LogP contribution in [0.5, 0.6) is 0 Å². The van der Waals surface area contributed by atoms with Crippen LogP contribution in [0, 0.1) is 0 Å². The highest BCUT2D eigenvalue weighted by Crippen LogP contribution is 2.21. The number of rotatable bonds is 3. The number of carbonyl (C=O) groups is 1. The second kappa shape index (κ2) is 5.52. The molecule has 6 heteroatoms. The van der Waals surface area contributed by atoms with Gasteiger partial charge in [-0.15, -0.1) is 0 Å². The van der Waals surface area contributed by atoms with Gasteiger partial charge in [0, 0.05) is 24.6 Å². The van der Waals surface area contributed by atoms with Crippen molar-refractivity contribution in [1.82, 2.24) is 9.97 Å². The van der Waals surface area contributed by atoms with Crippen LogP contribution < -0.4 is 11.1 Å². The van der Waals surface area contributed by atoms with E-state index >= 15 is 0 Å². The first-order valence-corrected chi connectivity index (χ1v) is 6.63. The molecule has 0 aliphatic carbocycles. The van der Waals surface area contributed by atoms with Crippen molar-refractivity contribution in [2.45, 2.75) is 25.0 Å². The molecule has 104 valence electrons. The number of nitrogens with zero attached hydrogens (tertiary/aromatic N) is 2. The maximum atomic E-state index is 12.1. The van der Waals surface area contributed by atoms with Gasteiger partial charge in [-0.05, 0) is 31.0 Å². The molecule has 0 radical (unpaired) electrons. The Morgan fingerprint density at radius 3 is 2.85 bits per heavy atom. The molecule has 1 fully saturated rings. The molecule has 1 aliphatic rings. The van der Waals surface area contributed by atoms with Crippen molar-refractivity contribution in [1.29, 1.82) is 0 Å². The first-order valence-electron chi connectivity index (χ1n) is 6.63. The number of benzene rings is 1. The summed E-state index contributed by atoms with van der Waals surface area (Å²) in [7, 11) is 0. The standard InChI is InChI=1S/C14H16N4O2/c15-8-10-2-4-13(20-10)14(19)18-9-1-3-11-12(7-9)17-6-5-16-11/h1,3,5-7,10,13H,2,4,8,15H2,(H,18,19). The number of hydrogen-bond donors (Lipinski definition) is 2. The summed E-state index contributed by atoms with van der Waals surface area (Å²) in [6.45, 7) is 0.454. The Kier molecular flexibility index (Phi) is 3.58. The van der Waals surface area contributed by atoms with Crippen LogP contribution in [0.4, 0.5) is 5.69 Å². The summed E-state index contributed by atoms with van der Waals surface area (Å²) < 4.78 is 5.57. The molecule has 6 nitrogen and oxygen atoms in total. The number of hydrogen-bond acceptors (Lipinski definition) is 5. The Labute approximate surface area is 116 Å². The van der Waals surface area contributed by atoms with E-state index in [-0.39, 0.29) is 12.0 Å². The first kappa shape index (κ1) is 13.0. The molecule has 3 rings (SSSR count). The maximum Gasteiger partial charge on any atom is 0.253 e. The Bertz CT molecular complexity index is 631. The highest BCUT2D eigenvalue weighted by molar-refractivity contribution is 5.95. The van der Waals surface area contributed by atoms with Gasteiger partial charge in [0.15, 0.2) is 0 Å². The summed E-state index contributed by atoms with van der Waals surface area (Å²) >= 11 is 0. The largest absolute Gasteiger partial charge is 0.364 e. The summed E-state index contributed by atoms with van der Waals surface area (Å²) in [5.74, 6) is -0.135. The number of nitrogens with two attached hydrogens (primary N) is 1. The quantitative estimate of drug-likeness (QED) is 0.872. The minimum absolute atomic E-state index is 0.00628. The van der Waals surface area contributed by atoms with E-state index < -0.39 is 6.10 Å². The maximum absolute atomic E-state index is 12.1. The lowest BCUT2D eigenvalue weighted by Crippen LogP contribution is -2.29. The number of amides is 1. The molecule has 0 saturated carbocycles. The lowest BCUT2D eigenvalue weighted by atomic mass is 10.2. The van der Waals surface area contributed by atoms with Crippen LogP contribution in [0.3, 0.4) is 0 Å². The second-order valence-electron chi connectivity index (χ2n) is 4.81. The van der Waals surface area contributed by atoms with Crippen LogP contribution in [0.2, 0.25) is 0 Å². The van der Waals surface area contributed by atoms with E-state index in [9.17, 15) is 4.79 Å². The summed E-state index contributed by atoms with van der Waals surface area (Å²) in [6, 6.07) is 5.44. The zero-order valence-corrected chi connectivity index (χ0v) is 11.0. The van der Waals surface area contributed by atoms with Gasteiger partial charge < -0.3 is 15.8 Å². The van der Waals surface area contributed by atoms with Gasteiger partial charge in [0.05, 0.1) is 17.1 Å². The van der Waals surface area contributed by atoms with Gasteiger partial charge in [-0.25, -0.2) is 0 Å². The third kappa shape index (κ3) is 2.61. The van der Waals surface area contributed by atoms with E-state index in [1.54, 1.807) is 18.5 Å². The SMILES string of the molecule is NCC1CCC(C(=O)Nc2ccc3nccnc3c2)O1. The minimum atomic E-state index is -0.416. The van der Waals surface area contributed by atoms with Crippen molar-refractivity contribution in [2.75, 3.05) is 11.9 Å². The van der Waals surface area contributed by atoms with E-state index in [1.807, 2.05) is 12.1 Å². The smallest absolute Gasteiger partial charge is 0.253 e. The molecule has 1 aromatic heterocycles. The lowest BCUT2D eigenvalue weighted by molar-refractivity contribution is -0.126. The normalized spacial score (nSPS) is 22.1. The number of ether oxygens (including phenoxy) is 1. The molecule has 0 spiro atoms. The van der Waals surface area contributed by atoms with Gasteiger partial charge >= 0.3 is 0 Å². The molecule has 2 aromatic rings. The van der Waals surface area contributed by atoms with Crippen LogP contribution in [0.25, 0.3) is 11.0 Å². The molecule has 0 bridgehead atoms. The molecule has 3 N–H and O–H groups in total. The predicted octanol–water partition coefficient (Wildman–Crippen LogP) is 1.07. The number of nitrogens with one attached hydrogen (secondary N) is 1. The molecule has 2 heterocycles. The van der Waals surface area contributed by atoms with Crippen LogP contribution in [-0.4, -0.2) is 34.6 Å². The van der Waals surface area contributed by atoms with Crippen LogP contribution in [0.15, 0.2) is 30.6 Å². The summed E-state index contributed by atoms with van der Waals surface area (Å²) in [5, 5.41) is 2.85. The molecular formula is C14H16N4O2. The van der Waals surface area contributed by atoms with Gasteiger partial charge in [-0.2, -0.15) is 0 Å². The first-order chi connectivity index (χ1) is 9.76. The number of anilines is 1. The Balaban J connectivity index is 1.71. The number of fused-ring (bicyclic) bond motifs is 1. The van der Waals surface area contributed by atoms with E-state index in [0.717, 1.165) is 17.5 Å². The van der Waals surface area contributed by atoms with Crippen molar-refractivity contribution in [3.63, 3.8) is 0 Å². The third-order valence-corrected chi connectivity index (χ3v) is 3.40. The van der Waals surface area contributed by atoms with Crippen molar-refractivity contribution in [2.24, 2.45) is 5.73 Å². The minimum Gasteiger partial charge on any atom is -0.364 e. The average molecular weight is 272 g/mol. The topological polar surface area (TPSA) is 90.1 Å². The highest BCUT2D eigenvalue weighted by atomic mass is 16.5. The molecule has 1 aromatic carbocycles. The van der Waals surface area contributed by atoms with Crippen LogP contribution >= 0.6 is 0 Å². The van der Waals surface area contributed by atoms with Crippen molar-refractivity contribution >= 4 is 22.6 Å². The van der Waals surface area contributed by atoms with E-state index in [2.05, 4.69) is 15.3 Å². The molecule has 2 atom stereocenters. The van der Waals surface area contributed by atoms with Crippen molar-refractivity contribution < 1.29 is 9.53 Å². The lowest BCUT2D eigenvalue weighted by Gasteiger charge is -2.12. The third-order valence-electron chi connectivity index (χ3n) is 3.40. The Morgan fingerprint density at radius 1 is 1.30 bits per heavy atom. The molecule has 20 heavy (non-hydrogen) atoms. The van der Waals surface area contributed by atoms with Gasteiger partial charge in [-0.3, -0.25) is 14.8 Å². The second-order valence-corrected chi connectivity index (χ2v) is 4.81. The fourth-order valence-electron chi connectivity index (χ4n) is 2.34. The monoisotopic (exact) mass is 272 g/mol. The fourth-order valence-corrected chi connectivity index (χ4v) is 2.34. The van der Waals surface area contributed by atoms with E-state index in [4.69, 9.17) is 10.5 Å².